The maximum atomic E-state index is 12.8. The highest BCUT2D eigenvalue weighted by Crippen LogP contribution is 2.25. The van der Waals surface area contributed by atoms with Crippen LogP contribution in [0.2, 0.25) is 0 Å². The third-order valence-corrected chi connectivity index (χ3v) is 4.44. The van der Waals surface area contributed by atoms with Crippen LogP contribution in [0.4, 0.5) is 5.69 Å². The van der Waals surface area contributed by atoms with Gasteiger partial charge in [-0.1, -0.05) is 48.5 Å². The predicted molar refractivity (Wildman–Crippen MR) is 105 cm³/mol. The van der Waals surface area contributed by atoms with Gasteiger partial charge in [0.15, 0.2) is 0 Å². The molecule has 4 nitrogen and oxygen atoms in total. The van der Waals surface area contributed by atoms with Crippen molar-refractivity contribution in [3.05, 3.63) is 77.4 Å². The molecule has 3 aromatic carbocycles. The van der Waals surface area contributed by atoms with Crippen LogP contribution in [0.1, 0.15) is 41.4 Å². The summed E-state index contributed by atoms with van der Waals surface area (Å²) < 4.78 is 0. The number of amides is 2. The van der Waals surface area contributed by atoms with Gasteiger partial charge in [0.25, 0.3) is 5.91 Å². The molecule has 0 saturated carbocycles. The monoisotopic (exact) mass is 346 g/mol. The molecule has 0 aliphatic carbocycles. The van der Waals surface area contributed by atoms with E-state index in [2.05, 4.69) is 28.8 Å². The fourth-order valence-electron chi connectivity index (χ4n) is 3.13. The van der Waals surface area contributed by atoms with Crippen LogP contribution in [0.25, 0.3) is 10.8 Å². The van der Waals surface area contributed by atoms with Crippen LogP contribution < -0.4 is 10.6 Å². The quantitative estimate of drug-likeness (QED) is 0.725. The highest BCUT2D eigenvalue weighted by molar-refractivity contribution is 5.98. The van der Waals surface area contributed by atoms with Crippen molar-refractivity contribution in [3.8, 4) is 0 Å². The van der Waals surface area contributed by atoms with E-state index in [9.17, 15) is 9.59 Å². The summed E-state index contributed by atoms with van der Waals surface area (Å²) >= 11 is 0. The van der Waals surface area contributed by atoms with Gasteiger partial charge in [-0.05, 0) is 47.9 Å². The Labute approximate surface area is 153 Å². The van der Waals surface area contributed by atoms with Gasteiger partial charge in [0.05, 0.1) is 6.04 Å². The van der Waals surface area contributed by atoms with Crippen LogP contribution in [0.5, 0.6) is 0 Å². The van der Waals surface area contributed by atoms with E-state index in [4.69, 9.17) is 0 Å². The maximum Gasteiger partial charge on any atom is 0.252 e. The second kappa shape index (κ2) is 7.40. The molecule has 0 fully saturated rings. The van der Waals surface area contributed by atoms with Gasteiger partial charge in [-0.25, -0.2) is 0 Å². The van der Waals surface area contributed by atoms with Crippen molar-refractivity contribution in [2.45, 2.75) is 26.8 Å². The van der Waals surface area contributed by atoms with Crippen molar-refractivity contribution < 1.29 is 9.59 Å². The van der Waals surface area contributed by atoms with Gasteiger partial charge < -0.3 is 10.6 Å². The van der Waals surface area contributed by atoms with Crippen molar-refractivity contribution in [2.75, 3.05) is 5.32 Å². The summed E-state index contributed by atoms with van der Waals surface area (Å²) in [7, 11) is 0. The number of carbonyl (C=O) groups excluding carboxylic acids is 2. The van der Waals surface area contributed by atoms with Crippen LogP contribution in [0.3, 0.4) is 0 Å². The average Bonchev–Trinajstić information content (AvgIpc) is 2.62. The topological polar surface area (TPSA) is 58.2 Å². The Balaban J connectivity index is 1.86. The molecule has 0 bridgehead atoms. The highest BCUT2D eigenvalue weighted by atomic mass is 16.2. The molecule has 0 aromatic heterocycles. The first kappa shape index (κ1) is 17.7. The van der Waals surface area contributed by atoms with Crippen molar-refractivity contribution >= 4 is 28.3 Å². The standard InChI is InChI=1S/C22H22N2O2/c1-14-11-12-18(24-16(3)25)13-21(14)22(26)23-15(2)19-10-6-8-17-7-4-5-9-20(17)19/h4-13,15H,1-3H3,(H,23,26)(H,24,25)/t15-/m0/s1. The third kappa shape index (κ3) is 3.75. The van der Waals surface area contributed by atoms with Crippen LogP contribution in [-0.2, 0) is 4.79 Å². The Bertz CT molecular complexity index is 974. The number of fused-ring (bicyclic) bond motifs is 1. The average molecular weight is 346 g/mol. The summed E-state index contributed by atoms with van der Waals surface area (Å²) in [4.78, 5) is 24.1. The number of hydrogen-bond acceptors (Lipinski definition) is 2. The first-order valence-electron chi connectivity index (χ1n) is 8.62. The fraction of sp³-hybridized carbons (Fsp3) is 0.182. The molecule has 4 heteroatoms. The van der Waals surface area contributed by atoms with Gasteiger partial charge in [-0.15, -0.1) is 0 Å². The van der Waals surface area contributed by atoms with Gasteiger partial charge in [0, 0.05) is 18.2 Å². The second-order valence-electron chi connectivity index (χ2n) is 6.47. The minimum atomic E-state index is -0.163. The minimum absolute atomic E-state index is 0.141. The van der Waals surface area contributed by atoms with Gasteiger partial charge in [-0.3, -0.25) is 9.59 Å². The number of benzene rings is 3. The minimum Gasteiger partial charge on any atom is -0.345 e. The van der Waals surface area contributed by atoms with Crippen molar-refractivity contribution in [3.63, 3.8) is 0 Å². The molecule has 3 rings (SSSR count). The molecular weight excluding hydrogens is 324 g/mol. The zero-order valence-electron chi connectivity index (χ0n) is 15.2. The largest absolute Gasteiger partial charge is 0.345 e. The number of nitrogens with one attached hydrogen (secondary N) is 2. The Morgan fingerprint density at radius 1 is 0.962 bits per heavy atom. The summed E-state index contributed by atoms with van der Waals surface area (Å²) in [6.45, 7) is 5.31. The van der Waals surface area contributed by atoms with Gasteiger partial charge in [0.1, 0.15) is 0 Å². The molecule has 2 amide bonds. The van der Waals surface area contributed by atoms with Gasteiger partial charge >= 0.3 is 0 Å². The number of carbonyl (C=O) groups is 2. The SMILES string of the molecule is CC(=O)Nc1ccc(C)c(C(=O)N[C@@H](C)c2cccc3ccccc23)c1. The second-order valence-corrected chi connectivity index (χ2v) is 6.47. The molecule has 0 saturated heterocycles. The lowest BCUT2D eigenvalue weighted by molar-refractivity contribution is -0.114. The van der Waals surface area contributed by atoms with Crippen molar-refractivity contribution in [1.82, 2.24) is 5.32 Å². The van der Waals surface area contributed by atoms with E-state index in [1.165, 1.54) is 6.92 Å². The molecule has 132 valence electrons. The molecule has 2 N–H and O–H groups in total. The van der Waals surface area contributed by atoms with E-state index in [1.54, 1.807) is 12.1 Å². The van der Waals surface area contributed by atoms with Crippen LogP contribution in [0.15, 0.2) is 60.7 Å². The molecule has 0 radical (unpaired) electrons. The van der Waals surface area contributed by atoms with Gasteiger partial charge in [0.2, 0.25) is 5.91 Å². The lowest BCUT2D eigenvalue weighted by Crippen LogP contribution is -2.27. The third-order valence-electron chi connectivity index (χ3n) is 4.44. The molecule has 0 aliphatic rings. The van der Waals surface area contributed by atoms with E-state index in [0.29, 0.717) is 11.3 Å². The number of hydrogen-bond donors (Lipinski definition) is 2. The zero-order chi connectivity index (χ0) is 18.7. The van der Waals surface area contributed by atoms with Crippen molar-refractivity contribution in [1.29, 1.82) is 0 Å². The Morgan fingerprint density at radius 3 is 2.46 bits per heavy atom. The Kier molecular flexibility index (Phi) is 5.03. The lowest BCUT2D eigenvalue weighted by Gasteiger charge is -2.18. The first-order valence-corrected chi connectivity index (χ1v) is 8.62. The summed E-state index contributed by atoms with van der Waals surface area (Å²) in [5.41, 5.74) is 3.11. The number of aryl methyl sites for hydroxylation is 1. The van der Waals surface area contributed by atoms with E-state index in [-0.39, 0.29) is 17.9 Å². The first-order chi connectivity index (χ1) is 12.5. The molecule has 0 aliphatic heterocycles. The number of anilines is 1. The zero-order valence-corrected chi connectivity index (χ0v) is 15.2. The molecule has 3 aromatic rings. The molecule has 0 unspecified atom stereocenters. The van der Waals surface area contributed by atoms with E-state index >= 15 is 0 Å². The normalized spacial score (nSPS) is 11.8. The van der Waals surface area contributed by atoms with Crippen LogP contribution >= 0.6 is 0 Å². The predicted octanol–water partition coefficient (Wildman–Crippen LogP) is 4.60. The van der Waals surface area contributed by atoms with E-state index < -0.39 is 0 Å². The molecule has 0 heterocycles. The number of rotatable bonds is 4. The molecule has 26 heavy (non-hydrogen) atoms. The van der Waals surface area contributed by atoms with Crippen LogP contribution in [0, 0.1) is 6.92 Å². The van der Waals surface area contributed by atoms with E-state index in [1.807, 2.05) is 44.2 Å². The van der Waals surface area contributed by atoms with Crippen molar-refractivity contribution in [2.24, 2.45) is 0 Å². The molecule has 1 atom stereocenters. The molecule has 0 spiro atoms. The fourth-order valence-corrected chi connectivity index (χ4v) is 3.13. The van der Waals surface area contributed by atoms with Gasteiger partial charge in [-0.2, -0.15) is 0 Å². The summed E-state index contributed by atoms with van der Waals surface area (Å²) in [6.07, 6.45) is 0. The summed E-state index contributed by atoms with van der Waals surface area (Å²) in [6, 6.07) is 19.4. The smallest absolute Gasteiger partial charge is 0.252 e. The summed E-state index contributed by atoms with van der Waals surface area (Å²) in [5.74, 6) is -0.320. The lowest BCUT2D eigenvalue weighted by atomic mass is 9.99. The van der Waals surface area contributed by atoms with E-state index in [0.717, 1.165) is 21.9 Å². The highest BCUT2D eigenvalue weighted by Gasteiger charge is 2.16. The van der Waals surface area contributed by atoms with Crippen LogP contribution in [-0.4, -0.2) is 11.8 Å². The molecular formula is C22H22N2O2. The Hall–Kier alpha value is -3.14. The Morgan fingerprint density at radius 2 is 1.69 bits per heavy atom. The maximum absolute atomic E-state index is 12.8. The summed E-state index contributed by atoms with van der Waals surface area (Å²) in [5, 5.41) is 8.07.